The van der Waals surface area contributed by atoms with E-state index in [-0.39, 0.29) is 11.6 Å². The van der Waals surface area contributed by atoms with Gasteiger partial charge in [0.15, 0.2) is 11.6 Å². The summed E-state index contributed by atoms with van der Waals surface area (Å²) in [5.74, 6) is -1.35. The summed E-state index contributed by atoms with van der Waals surface area (Å²) in [7, 11) is 0. The Labute approximate surface area is 124 Å². The van der Waals surface area contributed by atoms with Gasteiger partial charge in [-0.05, 0) is 36.8 Å². The lowest BCUT2D eigenvalue weighted by Gasteiger charge is -2.14. The monoisotopic (exact) mass is 310 g/mol. The van der Waals surface area contributed by atoms with Gasteiger partial charge in [-0.25, -0.2) is 4.98 Å². The number of pyridine rings is 1. The summed E-state index contributed by atoms with van der Waals surface area (Å²) in [6, 6.07) is 7.24. The number of anilines is 1. The minimum Gasteiger partial charge on any atom is -0.504 e. The Morgan fingerprint density at radius 2 is 1.86 bits per heavy atom. The zero-order chi connectivity index (χ0) is 16.3. The molecule has 2 rings (SSSR count). The number of carbonyl (C=O) groups excluding carboxylic acids is 1. The molecule has 0 aliphatic heterocycles. The molecule has 1 atom stereocenters. The van der Waals surface area contributed by atoms with Crippen LogP contribution >= 0.6 is 0 Å². The maximum atomic E-state index is 12.5. The van der Waals surface area contributed by atoms with Gasteiger partial charge in [0, 0.05) is 6.20 Å². The number of alkyl halides is 3. The number of amides is 1. The first-order valence-corrected chi connectivity index (χ1v) is 6.41. The fraction of sp³-hybridized carbons (Fsp3) is 0.200. The smallest absolute Gasteiger partial charge is 0.416 e. The molecule has 0 bridgehead atoms. The second-order valence-corrected chi connectivity index (χ2v) is 4.70. The molecular formula is C15H13F3N2O2. The van der Waals surface area contributed by atoms with E-state index in [1.54, 1.807) is 6.92 Å². The number of aromatic hydroxyl groups is 1. The van der Waals surface area contributed by atoms with Gasteiger partial charge in [-0.3, -0.25) is 4.79 Å². The van der Waals surface area contributed by atoms with E-state index in [9.17, 15) is 23.1 Å². The van der Waals surface area contributed by atoms with E-state index in [0.29, 0.717) is 5.56 Å². The Morgan fingerprint density at radius 3 is 2.41 bits per heavy atom. The molecule has 0 saturated heterocycles. The van der Waals surface area contributed by atoms with Gasteiger partial charge < -0.3 is 10.4 Å². The summed E-state index contributed by atoms with van der Waals surface area (Å²) in [4.78, 5) is 15.9. The number of nitrogens with one attached hydrogen (secondary N) is 1. The van der Waals surface area contributed by atoms with Crippen molar-refractivity contribution in [3.05, 3.63) is 53.7 Å². The van der Waals surface area contributed by atoms with Gasteiger partial charge in [0.05, 0.1) is 11.5 Å². The van der Waals surface area contributed by atoms with E-state index in [4.69, 9.17) is 0 Å². The molecule has 0 radical (unpaired) electrons. The second kappa shape index (κ2) is 6.05. The van der Waals surface area contributed by atoms with Gasteiger partial charge >= 0.3 is 6.18 Å². The van der Waals surface area contributed by atoms with Crippen molar-refractivity contribution in [3.8, 4) is 5.75 Å². The molecule has 4 nitrogen and oxygen atoms in total. The Balaban J connectivity index is 2.12. The Hall–Kier alpha value is -2.57. The van der Waals surface area contributed by atoms with Crippen molar-refractivity contribution in [2.45, 2.75) is 19.0 Å². The quantitative estimate of drug-likeness (QED) is 0.911. The molecule has 7 heteroatoms. The van der Waals surface area contributed by atoms with Crippen molar-refractivity contribution >= 4 is 11.7 Å². The maximum Gasteiger partial charge on any atom is 0.416 e. The molecule has 116 valence electrons. The van der Waals surface area contributed by atoms with E-state index < -0.39 is 23.6 Å². The van der Waals surface area contributed by atoms with Gasteiger partial charge in [0.25, 0.3) is 0 Å². The molecule has 0 aliphatic rings. The number of rotatable bonds is 3. The molecule has 1 amide bonds. The van der Waals surface area contributed by atoms with Crippen molar-refractivity contribution in [1.29, 1.82) is 0 Å². The third-order valence-electron chi connectivity index (χ3n) is 3.16. The topological polar surface area (TPSA) is 62.2 Å². The van der Waals surface area contributed by atoms with E-state index in [2.05, 4.69) is 10.3 Å². The maximum absolute atomic E-state index is 12.5. The van der Waals surface area contributed by atoms with Crippen LogP contribution < -0.4 is 5.32 Å². The van der Waals surface area contributed by atoms with Crippen LogP contribution in [0, 0.1) is 0 Å². The first-order chi connectivity index (χ1) is 10.3. The van der Waals surface area contributed by atoms with Crippen LogP contribution in [-0.4, -0.2) is 16.0 Å². The normalized spacial score (nSPS) is 12.7. The summed E-state index contributed by atoms with van der Waals surface area (Å²) < 4.78 is 37.5. The van der Waals surface area contributed by atoms with Crippen LogP contribution in [0.3, 0.4) is 0 Å². The van der Waals surface area contributed by atoms with Crippen LogP contribution in [0.15, 0.2) is 42.6 Å². The van der Waals surface area contributed by atoms with Crippen LogP contribution in [0.5, 0.6) is 5.75 Å². The Bertz CT molecular complexity index is 669. The molecule has 0 aliphatic carbocycles. The highest BCUT2D eigenvalue weighted by atomic mass is 19.4. The number of carbonyl (C=O) groups is 1. The lowest BCUT2D eigenvalue weighted by Crippen LogP contribution is -2.19. The SMILES string of the molecule is CC(C(=O)Nc1ncccc1O)c1ccc(C(F)(F)F)cc1. The third-order valence-corrected chi connectivity index (χ3v) is 3.16. The van der Waals surface area contributed by atoms with E-state index in [0.717, 1.165) is 12.1 Å². The summed E-state index contributed by atoms with van der Waals surface area (Å²) in [6.45, 7) is 1.55. The van der Waals surface area contributed by atoms with Crippen LogP contribution in [0.1, 0.15) is 24.0 Å². The van der Waals surface area contributed by atoms with Crippen molar-refractivity contribution in [3.63, 3.8) is 0 Å². The van der Waals surface area contributed by atoms with Gasteiger partial charge in [0.1, 0.15) is 0 Å². The second-order valence-electron chi connectivity index (χ2n) is 4.70. The summed E-state index contributed by atoms with van der Waals surface area (Å²) in [6.07, 6.45) is -3.01. The van der Waals surface area contributed by atoms with Crippen molar-refractivity contribution < 1.29 is 23.1 Å². The molecule has 2 aromatic rings. The highest BCUT2D eigenvalue weighted by molar-refractivity contribution is 5.95. The summed E-state index contributed by atoms with van der Waals surface area (Å²) >= 11 is 0. The van der Waals surface area contributed by atoms with E-state index in [1.807, 2.05) is 0 Å². The minimum atomic E-state index is -4.41. The number of hydrogen-bond donors (Lipinski definition) is 2. The van der Waals surface area contributed by atoms with E-state index in [1.165, 1.54) is 30.5 Å². The number of hydrogen-bond acceptors (Lipinski definition) is 3. The largest absolute Gasteiger partial charge is 0.504 e. The molecule has 0 saturated carbocycles. The minimum absolute atomic E-state index is 0.00580. The predicted molar refractivity (Wildman–Crippen MR) is 74.4 cm³/mol. The van der Waals surface area contributed by atoms with E-state index >= 15 is 0 Å². The van der Waals surface area contributed by atoms with Crippen molar-refractivity contribution in [1.82, 2.24) is 4.98 Å². The van der Waals surface area contributed by atoms with Gasteiger partial charge in [-0.15, -0.1) is 0 Å². The molecule has 22 heavy (non-hydrogen) atoms. The average molecular weight is 310 g/mol. The lowest BCUT2D eigenvalue weighted by atomic mass is 9.99. The predicted octanol–water partition coefficient (Wildman–Crippen LogP) is 3.55. The van der Waals surface area contributed by atoms with Crippen LogP contribution in [0.25, 0.3) is 0 Å². The molecule has 1 aromatic carbocycles. The van der Waals surface area contributed by atoms with Gasteiger partial charge in [0.2, 0.25) is 5.91 Å². The van der Waals surface area contributed by atoms with Crippen LogP contribution in [0.4, 0.5) is 19.0 Å². The standard InChI is InChI=1S/C15H13F3N2O2/c1-9(10-4-6-11(7-5-10)15(16,17)18)14(22)20-13-12(21)3-2-8-19-13/h2-9,21H,1H3,(H,19,20,22). The highest BCUT2D eigenvalue weighted by Crippen LogP contribution is 2.30. The van der Waals surface area contributed by atoms with Crippen LogP contribution in [0.2, 0.25) is 0 Å². The molecule has 2 N–H and O–H groups in total. The average Bonchev–Trinajstić information content (AvgIpc) is 2.48. The van der Waals surface area contributed by atoms with Gasteiger partial charge in [-0.1, -0.05) is 12.1 Å². The van der Waals surface area contributed by atoms with Crippen LogP contribution in [-0.2, 0) is 11.0 Å². The Kier molecular flexibility index (Phi) is 4.35. The fourth-order valence-electron chi connectivity index (χ4n) is 1.83. The molecule has 1 unspecified atom stereocenters. The summed E-state index contributed by atoms with van der Waals surface area (Å²) in [5, 5.41) is 12.0. The fourth-order valence-corrected chi connectivity index (χ4v) is 1.83. The zero-order valence-electron chi connectivity index (χ0n) is 11.6. The number of halogens is 3. The van der Waals surface area contributed by atoms with Crippen molar-refractivity contribution in [2.24, 2.45) is 0 Å². The number of benzene rings is 1. The lowest BCUT2D eigenvalue weighted by molar-refractivity contribution is -0.137. The molecule has 0 spiro atoms. The molecule has 0 fully saturated rings. The highest BCUT2D eigenvalue weighted by Gasteiger charge is 2.30. The first kappa shape index (κ1) is 15.8. The first-order valence-electron chi connectivity index (χ1n) is 6.41. The van der Waals surface area contributed by atoms with Gasteiger partial charge in [-0.2, -0.15) is 13.2 Å². The number of aromatic nitrogens is 1. The molecule has 1 aromatic heterocycles. The third kappa shape index (κ3) is 3.55. The molecule has 1 heterocycles. The number of nitrogens with zero attached hydrogens (tertiary/aromatic N) is 1. The Morgan fingerprint density at radius 1 is 1.23 bits per heavy atom. The zero-order valence-corrected chi connectivity index (χ0v) is 11.6. The molecular weight excluding hydrogens is 297 g/mol. The summed E-state index contributed by atoms with van der Waals surface area (Å²) in [5.41, 5.74) is -0.341. The van der Waals surface area contributed by atoms with Crippen molar-refractivity contribution in [2.75, 3.05) is 5.32 Å².